The first-order valence-corrected chi connectivity index (χ1v) is 5.90. The summed E-state index contributed by atoms with van der Waals surface area (Å²) in [6.07, 6.45) is 0. The number of hydrogen-bond donors (Lipinski definition) is 1. The second-order valence-corrected chi connectivity index (χ2v) is 4.46. The summed E-state index contributed by atoms with van der Waals surface area (Å²) < 4.78 is 1.49. The molecule has 2 rings (SSSR count). The molecule has 0 aliphatic carbocycles. The Morgan fingerprint density at radius 3 is 2.79 bits per heavy atom. The van der Waals surface area contributed by atoms with Crippen molar-refractivity contribution in [2.45, 2.75) is 6.92 Å². The zero-order valence-electron chi connectivity index (χ0n) is 10.4. The number of carbonyl (C=O) groups excluding carboxylic acids is 1. The van der Waals surface area contributed by atoms with Gasteiger partial charge in [-0.3, -0.25) is 9.48 Å². The van der Waals surface area contributed by atoms with E-state index in [1.54, 1.807) is 32.2 Å². The Labute approximate surface area is 115 Å². The first-order chi connectivity index (χ1) is 9.01. The fourth-order valence-electron chi connectivity index (χ4n) is 1.70. The van der Waals surface area contributed by atoms with E-state index in [2.05, 4.69) is 10.4 Å². The smallest absolute Gasteiger partial charge is 0.273 e. The SMILES string of the molecule is Cc1cc(C(=O)Nc2cc(C#N)ccc2Cl)n(C)n1. The van der Waals surface area contributed by atoms with Crippen molar-refractivity contribution in [2.75, 3.05) is 5.32 Å². The van der Waals surface area contributed by atoms with E-state index in [0.717, 1.165) is 5.69 Å². The number of benzene rings is 1. The van der Waals surface area contributed by atoms with Crippen molar-refractivity contribution in [3.05, 3.63) is 46.2 Å². The molecule has 0 atom stereocenters. The summed E-state index contributed by atoms with van der Waals surface area (Å²) in [5.74, 6) is -0.319. The Hall–Kier alpha value is -2.32. The summed E-state index contributed by atoms with van der Waals surface area (Å²) in [7, 11) is 1.69. The van der Waals surface area contributed by atoms with Crippen molar-refractivity contribution >= 4 is 23.2 Å². The number of anilines is 1. The molecule has 0 unspecified atom stereocenters. The molecule has 0 radical (unpaired) electrons. The highest BCUT2D eigenvalue weighted by Gasteiger charge is 2.13. The normalized spacial score (nSPS) is 10.0. The molecule has 1 amide bonds. The fourth-order valence-corrected chi connectivity index (χ4v) is 1.86. The minimum atomic E-state index is -0.319. The topological polar surface area (TPSA) is 70.7 Å². The first kappa shape index (κ1) is 13.1. The van der Waals surface area contributed by atoms with Gasteiger partial charge in [0.25, 0.3) is 5.91 Å². The monoisotopic (exact) mass is 274 g/mol. The standard InChI is InChI=1S/C13H11ClN4O/c1-8-5-12(18(2)17-8)13(19)16-11-6-9(7-15)3-4-10(11)14/h3-6H,1-2H3,(H,16,19). The lowest BCUT2D eigenvalue weighted by Gasteiger charge is -2.07. The van der Waals surface area contributed by atoms with Crippen molar-refractivity contribution in [1.29, 1.82) is 5.26 Å². The summed E-state index contributed by atoms with van der Waals surface area (Å²) in [5, 5.41) is 16.0. The third-order valence-electron chi connectivity index (χ3n) is 2.58. The lowest BCUT2D eigenvalue weighted by Crippen LogP contribution is -2.16. The number of aryl methyl sites for hydroxylation is 2. The van der Waals surface area contributed by atoms with Crippen molar-refractivity contribution in [2.24, 2.45) is 7.05 Å². The molecule has 5 nitrogen and oxygen atoms in total. The van der Waals surface area contributed by atoms with Gasteiger partial charge in [0, 0.05) is 7.05 Å². The number of rotatable bonds is 2. The number of amides is 1. The van der Waals surface area contributed by atoms with Crippen molar-refractivity contribution in [1.82, 2.24) is 9.78 Å². The number of carbonyl (C=O) groups is 1. The number of nitrogens with zero attached hydrogens (tertiary/aromatic N) is 3. The molecule has 0 bridgehead atoms. The van der Waals surface area contributed by atoms with Gasteiger partial charge in [0.2, 0.25) is 0 Å². The fraction of sp³-hybridized carbons (Fsp3) is 0.154. The minimum Gasteiger partial charge on any atom is -0.319 e. The molecule has 1 aromatic heterocycles. The van der Waals surface area contributed by atoms with E-state index in [1.165, 1.54) is 10.7 Å². The molecule has 19 heavy (non-hydrogen) atoms. The molecule has 0 fully saturated rings. The minimum absolute atomic E-state index is 0.319. The second kappa shape index (κ2) is 5.12. The van der Waals surface area contributed by atoms with E-state index >= 15 is 0 Å². The number of nitrogens with one attached hydrogen (secondary N) is 1. The van der Waals surface area contributed by atoms with E-state index in [0.29, 0.717) is 22.0 Å². The van der Waals surface area contributed by atoms with Gasteiger partial charge in [-0.25, -0.2) is 0 Å². The Morgan fingerprint density at radius 2 is 2.21 bits per heavy atom. The van der Waals surface area contributed by atoms with Crippen LogP contribution >= 0.6 is 11.6 Å². The third kappa shape index (κ3) is 2.75. The molecule has 0 saturated heterocycles. The van der Waals surface area contributed by atoms with Gasteiger partial charge in [-0.1, -0.05) is 11.6 Å². The average molecular weight is 275 g/mol. The van der Waals surface area contributed by atoms with Crippen LogP contribution in [0.3, 0.4) is 0 Å². The van der Waals surface area contributed by atoms with Gasteiger partial charge in [-0.15, -0.1) is 0 Å². The molecule has 0 saturated carbocycles. The summed E-state index contributed by atoms with van der Waals surface area (Å²) in [5.41, 5.74) is 2.02. The predicted molar refractivity (Wildman–Crippen MR) is 72.1 cm³/mol. The van der Waals surface area contributed by atoms with Crippen LogP contribution in [0.15, 0.2) is 24.3 Å². The van der Waals surface area contributed by atoms with Crippen LogP contribution in [0.1, 0.15) is 21.7 Å². The third-order valence-corrected chi connectivity index (χ3v) is 2.91. The van der Waals surface area contributed by atoms with Crippen molar-refractivity contribution in [3.8, 4) is 6.07 Å². The summed E-state index contributed by atoms with van der Waals surface area (Å²) in [4.78, 5) is 12.1. The summed E-state index contributed by atoms with van der Waals surface area (Å²) >= 11 is 5.98. The maximum Gasteiger partial charge on any atom is 0.273 e. The van der Waals surface area contributed by atoms with Gasteiger partial charge in [-0.2, -0.15) is 10.4 Å². The Morgan fingerprint density at radius 1 is 1.47 bits per heavy atom. The van der Waals surface area contributed by atoms with Gasteiger partial charge < -0.3 is 5.32 Å². The average Bonchev–Trinajstić information content (AvgIpc) is 2.71. The Balaban J connectivity index is 2.29. The molecule has 2 aromatic rings. The Bertz CT molecular complexity index is 684. The quantitative estimate of drug-likeness (QED) is 0.915. The number of hydrogen-bond acceptors (Lipinski definition) is 3. The van der Waals surface area contributed by atoms with E-state index in [-0.39, 0.29) is 5.91 Å². The highest BCUT2D eigenvalue weighted by molar-refractivity contribution is 6.34. The maximum absolute atomic E-state index is 12.1. The second-order valence-electron chi connectivity index (χ2n) is 4.06. The molecule has 6 heteroatoms. The van der Waals surface area contributed by atoms with Crippen LogP contribution in [0.25, 0.3) is 0 Å². The summed E-state index contributed by atoms with van der Waals surface area (Å²) in [6, 6.07) is 8.37. The molecule has 1 heterocycles. The largest absolute Gasteiger partial charge is 0.319 e. The molecule has 96 valence electrons. The molecule has 0 aliphatic heterocycles. The maximum atomic E-state index is 12.1. The zero-order valence-corrected chi connectivity index (χ0v) is 11.2. The van der Waals surface area contributed by atoms with Crippen molar-refractivity contribution < 1.29 is 4.79 Å². The van der Waals surface area contributed by atoms with Crippen LogP contribution in [0.4, 0.5) is 5.69 Å². The molecular formula is C13H11ClN4O. The highest BCUT2D eigenvalue weighted by atomic mass is 35.5. The molecular weight excluding hydrogens is 264 g/mol. The van der Waals surface area contributed by atoms with Crippen molar-refractivity contribution in [3.63, 3.8) is 0 Å². The van der Waals surface area contributed by atoms with Gasteiger partial charge in [-0.05, 0) is 31.2 Å². The number of aromatic nitrogens is 2. The predicted octanol–water partition coefficient (Wildman–Crippen LogP) is 2.51. The van der Waals surface area contributed by atoms with Gasteiger partial charge in [0.1, 0.15) is 5.69 Å². The lowest BCUT2D eigenvalue weighted by molar-refractivity contribution is 0.101. The van der Waals surface area contributed by atoms with Gasteiger partial charge >= 0.3 is 0 Å². The molecule has 0 spiro atoms. The van der Waals surface area contributed by atoms with Crippen LogP contribution in [-0.2, 0) is 7.05 Å². The molecule has 1 N–H and O–H groups in total. The van der Waals surface area contributed by atoms with Crippen LogP contribution in [0, 0.1) is 18.3 Å². The van der Waals surface area contributed by atoms with Gasteiger partial charge in [0.15, 0.2) is 0 Å². The van der Waals surface area contributed by atoms with E-state index in [4.69, 9.17) is 16.9 Å². The zero-order chi connectivity index (χ0) is 14.0. The molecule has 1 aromatic carbocycles. The number of halogens is 1. The lowest BCUT2D eigenvalue weighted by atomic mass is 10.2. The Kier molecular flexibility index (Phi) is 3.54. The van der Waals surface area contributed by atoms with Crippen LogP contribution < -0.4 is 5.32 Å². The highest BCUT2D eigenvalue weighted by Crippen LogP contribution is 2.23. The summed E-state index contributed by atoms with van der Waals surface area (Å²) in [6.45, 7) is 1.81. The number of nitriles is 1. The van der Waals surface area contributed by atoms with Crippen LogP contribution in [0.2, 0.25) is 5.02 Å². The van der Waals surface area contributed by atoms with Crippen LogP contribution in [0.5, 0.6) is 0 Å². The van der Waals surface area contributed by atoms with E-state index in [9.17, 15) is 4.79 Å². The van der Waals surface area contributed by atoms with E-state index in [1.807, 2.05) is 6.07 Å². The van der Waals surface area contributed by atoms with Gasteiger partial charge in [0.05, 0.1) is 28.0 Å². The van der Waals surface area contributed by atoms with E-state index < -0.39 is 0 Å². The van der Waals surface area contributed by atoms with Crippen LogP contribution in [-0.4, -0.2) is 15.7 Å². The first-order valence-electron chi connectivity index (χ1n) is 5.53. The molecule has 0 aliphatic rings.